The second-order valence-electron chi connectivity index (χ2n) is 10.3. The van der Waals surface area contributed by atoms with Crippen LogP contribution in [-0.2, 0) is 23.6 Å². The molecule has 11 nitrogen and oxygen atoms in total. The van der Waals surface area contributed by atoms with Crippen LogP contribution in [0.1, 0.15) is 55.1 Å². The lowest BCUT2D eigenvalue weighted by molar-refractivity contribution is -0.143. The Bertz CT molecular complexity index is 1630. The number of anilines is 2. The fraction of sp³-hybridized carbons (Fsp3) is 0.379. The van der Waals surface area contributed by atoms with Gasteiger partial charge in [-0.1, -0.05) is 6.92 Å². The molecular weight excluding hydrogens is 622 g/mol. The average molecular weight is 651 g/mol. The molecule has 1 amide bonds. The molecule has 4 heterocycles. The van der Waals surface area contributed by atoms with E-state index in [9.17, 15) is 31.1 Å². The molecule has 0 saturated carbocycles. The number of aromatic nitrogens is 6. The minimum Gasteiger partial charge on any atom is -0.481 e. The number of nitrogens with one attached hydrogen (secondary N) is 1. The number of fused-ring (bicyclic) bond motifs is 1. The zero-order valence-electron chi connectivity index (χ0n) is 24.7. The number of amides is 1. The van der Waals surface area contributed by atoms with Crippen LogP contribution in [0.2, 0.25) is 0 Å². The summed E-state index contributed by atoms with van der Waals surface area (Å²) in [5.41, 5.74) is -2.04. The van der Waals surface area contributed by atoms with Gasteiger partial charge in [-0.15, -0.1) is 10.2 Å². The Balaban J connectivity index is 1.68. The summed E-state index contributed by atoms with van der Waals surface area (Å²) in [5.74, 6) is 0.614. The van der Waals surface area contributed by atoms with Gasteiger partial charge in [-0.05, 0) is 66.9 Å². The SMILES string of the molecule is CCOC(=O)N1c2ccc(OC)nc2C(N(Cc2cc(C(F)(F)F)cc(C(F)(F)F)c2)c2ccc(-c3nn[nH]n3)cn2)CC1CC. The van der Waals surface area contributed by atoms with Crippen molar-refractivity contribution in [1.29, 1.82) is 0 Å². The maximum Gasteiger partial charge on any atom is 0.416 e. The van der Waals surface area contributed by atoms with Crippen molar-refractivity contribution in [2.24, 2.45) is 0 Å². The van der Waals surface area contributed by atoms with Crippen LogP contribution in [0.5, 0.6) is 5.88 Å². The van der Waals surface area contributed by atoms with Crippen molar-refractivity contribution in [3.05, 3.63) is 71.0 Å². The van der Waals surface area contributed by atoms with Gasteiger partial charge in [-0.2, -0.15) is 31.6 Å². The molecule has 0 saturated heterocycles. The third kappa shape index (κ3) is 6.67. The lowest BCUT2D eigenvalue weighted by Gasteiger charge is -2.43. The maximum atomic E-state index is 13.8. The lowest BCUT2D eigenvalue weighted by Crippen LogP contribution is -2.48. The van der Waals surface area contributed by atoms with Crippen molar-refractivity contribution in [2.45, 2.75) is 57.7 Å². The van der Waals surface area contributed by atoms with E-state index in [1.807, 2.05) is 6.92 Å². The van der Waals surface area contributed by atoms with Gasteiger partial charge in [-0.25, -0.2) is 14.8 Å². The van der Waals surface area contributed by atoms with E-state index in [4.69, 9.17) is 9.47 Å². The topological polar surface area (TPSA) is 122 Å². The van der Waals surface area contributed by atoms with E-state index in [0.717, 1.165) is 0 Å². The molecule has 0 spiro atoms. The van der Waals surface area contributed by atoms with Gasteiger partial charge in [-0.3, -0.25) is 4.90 Å². The first-order valence-electron chi connectivity index (χ1n) is 14.1. The van der Waals surface area contributed by atoms with Crippen LogP contribution in [0.15, 0.2) is 48.7 Å². The Morgan fingerprint density at radius 1 is 1.04 bits per heavy atom. The van der Waals surface area contributed by atoms with E-state index in [0.29, 0.717) is 35.5 Å². The monoisotopic (exact) mass is 650 g/mol. The Labute approximate surface area is 258 Å². The standard InChI is InChI=1S/C29H28F6N8O3/c1-4-20-13-22(25-21(7-9-24(37-25)45-3)43(20)27(44)46-5-2)42(23-8-6-17(14-36-23)26-38-40-41-39-26)15-16-10-18(28(30,31)32)12-19(11-16)29(33,34)35/h6-12,14,20,22H,4-5,13,15H2,1-3H3,(H,38,39,40,41). The average Bonchev–Trinajstić information content (AvgIpc) is 3.57. The number of methoxy groups -OCH3 is 1. The highest BCUT2D eigenvalue weighted by Crippen LogP contribution is 2.44. The summed E-state index contributed by atoms with van der Waals surface area (Å²) in [5, 5.41) is 13.7. The van der Waals surface area contributed by atoms with Gasteiger partial charge in [0.05, 0.1) is 42.3 Å². The van der Waals surface area contributed by atoms with E-state index in [2.05, 4.69) is 30.6 Å². The number of tetrazole rings is 1. The number of aromatic amines is 1. The number of rotatable bonds is 8. The third-order valence-corrected chi connectivity index (χ3v) is 7.48. The molecule has 2 atom stereocenters. The van der Waals surface area contributed by atoms with Crippen molar-refractivity contribution in [1.82, 2.24) is 30.6 Å². The van der Waals surface area contributed by atoms with Crippen LogP contribution in [0.4, 0.5) is 42.6 Å². The van der Waals surface area contributed by atoms with Crippen LogP contribution < -0.4 is 14.5 Å². The van der Waals surface area contributed by atoms with Crippen LogP contribution in [0.3, 0.4) is 0 Å². The Kier molecular flexibility index (Phi) is 9.03. The molecular formula is C29H28F6N8O3. The highest BCUT2D eigenvalue weighted by Gasteiger charge is 2.41. The Morgan fingerprint density at radius 2 is 1.76 bits per heavy atom. The molecule has 2 unspecified atom stereocenters. The predicted octanol–water partition coefficient (Wildman–Crippen LogP) is 6.60. The molecule has 46 heavy (non-hydrogen) atoms. The van der Waals surface area contributed by atoms with Crippen molar-refractivity contribution < 1.29 is 40.6 Å². The first kappa shape index (κ1) is 32.4. The Morgan fingerprint density at radius 3 is 2.30 bits per heavy atom. The number of halogens is 6. The molecule has 0 aliphatic carbocycles. The first-order valence-corrected chi connectivity index (χ1v) is 14.1. The van der Waals surface area contributed by atoms with Crippen LogP contribution in [0, 0.1) is 0 Å². The molecule has 0 fully saturated rings. The molecule has 1 aromatic carbocycles. The van der Waals surface area contributed by atoms with Gasteiger partial charge < -0.3 is 14.4 Å². The summed E-state index contributed by atoms with van der Waals surface area (Å²) in [6.45, 7) is 3.18. The summed E-state index contributed by atoms with van der Waals surface area (Å²) in [6.07, 6.45) is -8.66. The number of pyridine rings is 2. The van der Waals surface area contributed by atoms with E-state index < -0.39 is 48.2 Å². The summed E-state index contributed by atoms with van der Waals surface area (Å²) in [4.78, 5) is 25.2. The quantitative estimate of drug-likeness (QED) is 0.210. The Hall–Kier alpha value is -4.96. The maximum absolute atomic E-state index is 13.8. The summed E-state index contributed by atoms with van der Waals surface area (Å²) < 4.78 is 93.5. The van der Waals surface area contributed by atoms with E-state index >= 15 is 0 Å². The molecule has 1 N–H and O–H groups in total. The summed E-state index contributed by atoms with van der Waals surface area (Å²) >= 11 is 0. The van der Waals surface area contributed by atoms with Crippen LogP contribution >= 0.6 is 0 Å². The number of carbonyl (C=O) groups excluding carboxylic acids is 1. The number of carbonyl (C=O) groups is 1. The predicted molar refractivity (Wildman–Crippen MR) is 152 cm³/mol. The van der Waals surface area contributed by atoms with Gasteiger partial charge in [0, 0.05) is 30.4 Å². The number of alkyl halides is 6. The number of benzene rings is 1. The second kappa shape index (κ2) is 12.8. The number of hydrogen-bond acceptors (Lipinski definition) is 9. The van der Waals surface area contributed by atoms with Crippen molar-refractivity contribution in [2.75, 3.05) is 23.5 Å². The lowest BCUT2D eigenvalue weighted by atomic mass is 9.91. The number of H-pyrrole nitrogens is 1. The number of ether oxygens (including phenoxy) is 2. The first-order chi connectivity index (χ1) is 21.8. The van der Waals surface area contributed by atoms with Gasteiger partial charge in [0.1, 0.15) is 5.82 Å². The van der Waals surface area contributed by atoms with Crippen molar-refractivity contribution in [3.8, 4) is 17.3 Å². The zero-order chi connectivity index (χ0) is 33.2. The highest BCUT2D eigenvalue weighted by atomic mass is 19.4. The molecule has 5 rings (SSSR count). The molecule has 3 aromatic heterocycles. The molecule has 0 radical (unpaired) electrons. The van der Waals surface area contributed by atoms with E-state index in [-0.39, 0.29) is 42.2 Å². The van der Waals surface area contributed by atoms with Gasteiger partial charge in [0.25, 0.3) is 0 Å². The normalized spacial score (nSPS) is 16.6. The molecule has 0 bridgehead atoms. The fourth-order valence-electron chi connectivity index (χ4n) is 5.38. The zero-order valence-corrected chi connectivity index (χ0v) is 24.7. The summed E-state index contributed by atoms with van der Waals surface area (Å²) in [6, 6.07) is 6.49. The molecule has 17 heteroatoms. The second-order valence-corrected chi connectivity index (χ2v) is 10.3. The fourth-order valence-corrected chi connectivity index (χ4v) is 5.38. The minimum atomic E-state index is -5.04. The number of hydrogen-bond donors (Lipinski definition) is 1. The van der Waals surface area contributed by atoms with Crippen LogP contribution in [0.25, 0.3) is 11.4 Å². The molecule has 1 aliphatic heterocycles. The van der Waals surface area contributed by atoms with Gasteiger partial charge in [0.2, 0.25) is 11.7 Å². The molecule has 1 aliphatic rings. The van der Waals surface area contributed by atoms with Crippen LogP contribution in [-0.4, -0.2) is 56.4 Å². The number of nitrogens with zero attached hydrogens (tertiary/aromatic N) is 7. The van der Waals surface area contributed by atoms with Gasteiger partial charge >= 0.3 is 18.4 Å². The summed E-state index contributed by atoms with van der Waals surface area (Å²) in [7, 11) is 1.39. The minimum absolute atomic E-state index is 0.0818. The smallest absolute Gasteiger partial charge is 0.416 e. The van der Waals surface area contributed by atoms with E-state index in [1.165, 1.54) is 18.2 Å². The highest BCUT2D eigenvalue weighted by molar-refractivity contribution is 5.90. The van der Waals surface area contributed by atoms with Crippen molar-refractivity contribution >= 4 is 17.6 Å². The third-order valence-electron chi connectivity index (χ3n) is 7.48. The largest absolute Gasteiger partial charge is 0.481 e. The molecule has 4 aromatic rings. The molecule has 244 valence electrons. The van der Waals surface area contributed by atoms with Gasteiger partial charge in [0.15, 0.2) is 0 Å². The van der Waals surface area contributed by atoms with Crippen molar-refractivity contribution in [3.63, 3.8) is 0 Å². The van der Waals surface area contributed by atoms with E-state index in [1.54, 1.807) is 36.1 Å².